The Balaban J connectivity index is 1.92. The first-order valence-corrected chi connectivity index (χ1v) is 9.83. The summed E-state index contributed by atoms with van der Waals surface area (Å²) < 4.78 is 5.92. The van der Waals surface area contributed by atoms with Crippen molar-refractivity contribution >= 4 is 11.6 Å². The summed E-state index contributed by atoms with van der Waals surface area (Å²) in [5.74, 6) is 1.01. The van der Waals surface area contributed by atoms with Crippen LogP contribution >= 0.6 is 0 Å². The summed E-state index contributed by atoms with van der Waals surface area (Å²) in [6.45, 7) is 12.8. The van der Waals surface area contributed by atoms with Gasteiger partial charge in [-0.25, -0.2) is 0 Å². The summed E-state index contributed by atoms with van der Waals surface area (Å²) in [7, 11) is 0. The summed E-state index contributed by atoms with van der Waals surface area (Å²) in [4.78, 5) is 14.7. The van der Waals surface area contributed by atoms with E-state index in [1.165, 1.54) is 5.69 Å². The number of carbonyl (C=O) groups excluding carboxylic acids is 1. The van der Waals surface area contributed by atoms with Gasteiger partial charge in [-0.15, -0.1) is 0 Å². The van der Waals surface area contributed by atoms with E-state index in [9.17, 15) is 4.79 Å². The van der Waals surface area contributed by atoms with Gasteiger partial charge in [-0.2, -0.15) is 0 Å². The van der Waals surface area contributed by atoms with Gasteiger partial charge in [-0.3, -0.25) is 4.79 Å². The number of hydrogen-bond donors (Lipinski definition) is 1. The highest BCUT2D eigenvalue weighted by atomic mass is 16.5. The topological polar surface area (TPSA) is 41.6 Å². The Morgan fingerprint density at radius 1 is 1.00 bits per heavy atom. The lowest BCUT2D eigenvalue weighted by atomic mass is 10.0. The summed E-state index contributed by atoms with van der Waals surface area (Å²) in [6, 6.07) is 16.2. The second-order valence-corrected chi connectivity index (χ2v) is 7.01. The Labute approximate surface area is 163 Å². The number of carbonyl (C=O) groups is 1. The number of nitrogens with zero attached hydrogens (tertiary/aromatic N) is 1. The van der Waals surface area contributed by atoms with Crippen molar-refractivity contribution < 1.29 is 9.53 Å². The maximum Gasteiger partial charge on any atom is 0.261 e. The lowest BCUT2D eigenvalue weighted by Gasteiger charge is -2.21. The third-order valence-corrected chi connectivity index (χ3v) is 4.75. The number of rotatable bonds is 9. The molecule has 0 spiro atoms. The molecule has 0 bridgehead atoms. The Kier molecular flexibility index (Phi) is 7.71. The molecule has 0 saturated heterocycles. The molecule has 1 amide bonds. The van der Waals surface area contributed by atoms with Gasteiger partial charge < -0.3 is 15.0 Å². The number of para-hydroxylation sites is 1. The minimum Gasteiger partial charge on any atom is -0.481 e. The third-order valence-electron chi connectivity index (χ3n) is 4.75. The predicted molar refractivity (Wildman–Crippen MR) is 112 cm³/mol. The molecule has 2 aromatic rings. The van der Waals surface area contributed by atoms with Crippen LogP contribution in [0.3, 0.4) is 0 Å². The van der Waals surface area contributed by atoms with E-state index in [0.29, 0.717) is 12.5 Å². The summed E-state index contributed by atoms with van der Waals surface area (Å²) in [6.07, 6.45) is -0.542. The number of nitrogens with one attached hydrogen (secondary N) is 1. The van der Waals surface area contributed by atoms with Crippen LogP contribution in [0.2, 0.25) is 0 Å². The molecule has 1 atom stereocenters. The van der Waals surface area contributed by atoms with Gasteiger partial charge in [0.2, 0.25) is 0 Å². The molecule has 0 fully saturated rings. The van der Waals surface area contributed by atoms with Crippen LogP contribution in [0.5, 0.6) is 5.75 Å². The molecule has 2 aromatic carbocycles. The fourth-order valence-electron chi connectivity index (χ4n) is 3.06. The van der Waals surface area contributed by atoms with Crippen molar-refractivity contribution in [3.8, 4) is 5.75 Å². The van der Waals surface area contributed by atoms with Gasteiger partial charge in [-0.05, 0) is 56.0 Å². The van der Waals surface area contributed by atoms with Crippen molar-refractivity contribution in [1.29, 1.82) is 0 Å². The molecule has 0 radical (unpaired) electrons. The number of hydrogen-bond acceptors (Lipinski definition) is 3. The Hall–Kier alpha value is -2.49. The molecule has 0 unspecified atom stereocenters. The lowest BCUT2D eigenvalue weighted by molar-refractivity contribution is -0.127. The van der Waals surface area contributed by atoms with Crippen molar-refractivity contribution in [2.45, 2.75) is 53.2 Å². The maximum atomic E-state index is 12.4. The van der Waals surface area contributed by atoms with E-state index in [2.05, 4.69) is 62.2 Å². The highest BCUT2D eigenvalue weighted by Crippen LogP contribution is 2.26. The zero-order valence-electron chi connectivity index (χ0n) is 17.2. The van der Waals surface area contributed by atoms with Crippen LogP contribution < -0.4 is 15.0 Å². The standard InChI is InChI=1S/C23H32N2O2/c1-6-25(7-2)20-14-12-19(13-15-20)16-24-23(26)18(5)27-22-11-9-8-10-21(22)17(3)4/h8-15,17-18H,6-7,16H2,1-5H3,(H,24,26)/t18-/m0/s1. The SMILES string of the molecule is CCN(CC)c1ccc(CNC(=O)[C@H](C)Oc2ccccc2C(C)C)cc1. The van der Waals surface area contributed by atoms with Crippen LogP contribution in [0.15, 0.2) is 48.5 Å². The highest BCUT2D eigenvalue weighted by molar-refractivity contribution is 5.80. The summed E-state index contributed by atoms with van der Waals surface area (Å²) in [5.41, 5.74) is 3.40. The third kappa shape index (κ3) is 5.75. The quantitative estimate of drug-likeness (QED) is 0.695. The molecule has 0 aromatic heterocycles. The highest BCUT2D eigenvalue weighted by Gasteiger charge is 2.17. The van der Waals surface area contributed by atoms with E-state index >= 15 is 0 Å². The smallest absolute Gasteiger partial charge is 0.261 e. The first kappa shape index (κ1) is 20.8. The molecule has 1 N–H and O–H groups in total. The minimum absolute atomic E-state index is 0.110. The van der Waals surface area contributed by atoms with Crippen molar-refractivity contribution in [2.24, 2.45) is 0 Å². The zero-order chi connectivity index (χ0) is 19.8. The van der Waals surface area contributed by atoms with E-state index in [0.717, 1.165) is 30.0 Å². The molecule has 4 heteroatoms. The molecule has 0 saturated carbocycles. The van der Waals surface area contributed by atoms with Crippen LogP contribution in [0.4, 0.5) is 5.69 Å². The number of anilines is 1. The van der Waals surface area contributed by atoms with Gasteiger partial charge >= 0.3 is 0 Å². The van der Waals surface area contributed by atoms with Crippen molar-refractivity contribution in [1.82, 2.24) is 5.32 Å². The maximum absolute atomic E-state index is 12.4. The van der Waals surface area contributed by atoms with E-state index in [-0.39, 0.29) is 5.91 Å². The first-order chi connectivity index (χ1) is 13.0. The number of ether oxygens (including phenoxy) is 1. The monoisotopic (exact) mass is 368 g/mol. The molecule has 4 nitrogen and oxygen atoms in total. The molecule has 2 rings (SSSR count). The van der Waals surface area contributed by atoms with Gasteiger partial charge in [-0.1, -0.05) is 44.2 Å². The number of amides is 1. The molecule has 0 aliphatic carbocycles. The van der Waals surface area contributed by atoms with Gasteiger partial charge in [0.05, 0.1) is 0 Å². The van der Waals surface area contributed by atoms with Crippen LogP contribution in [-0.2, 0) is 11.3 Å². The molecular weight excluding hydrogens is 336 g/mol. The van der Waals surface area contributed by atoms with Gasteiger partial charge in [0.25, 0.3) is 5.91 Å². The fraction of sp³-hybridized carbons (Fsp3) is 0.435. The molecule has 0 aliphatic heterocycles. The van der Waals surface area contributed by atoms with Crippen LogP contribution in [0.25, 0.3) is 0 Å². The molecule has 0 heterocycles. The minimum atomic E-state index is -0.542. The largest absolute Gasteiger partial charge is 0.481 e. The normalized spacial score (nSPS) is 11.9. The Morgan fingerprint density at radius 2 is 1.63 bits per heavy atom. The van der Waals surface area contributed by atoms with Crippen LogP contribution in [-0.4, -0.2) is 25.1 Å². The second kappa shape index (κ2) is 10.0. The van der Waals surface area contributed by atoms with Crippen molar-refractivity contribution in [2.75, 3.05) is 18.0 Å². The average Bonchev–Trinajstić information content (AvgIpc) is 2.68. The summed E-state index contributed by atoms with van der Waals surface area (Å²) >= 11 is 0. The van der Waals surface area contributed by atoms with Crippen LogP contribution in [0, 0.1) is 0 Å². The lowest BCUT2D eigenvalue weighted by Crippen LogP contribution is -2.36. The van der Waals surface area contributed by atoms with Crippen molar-refractivity contribution in [3.63, 3.8) is 0 Å². The molecule has 27 heavy (non-hydrogen) atoms. The van der Waals surface area contributed by atoms with Gasteiger partial charge in [0.1, 0.15) is 5.75 Å². The van der Waals surface area contributed by atoms with Crippen LogP contribution in [0.1, 0.15) is 51.7 Å². The van der Waals surface area contributed by atoms with E-state index < -0.39 is 6.10 Å². The average molecular weight is 369 g/mol. The molecular formula is C23H32N2O2. The predicted octanol–water partition coefficient (Wildman–Crippen LogP) is 4.74. The Morgan fingerprint density at radius 3 is 2.22 bits per heavy atom. The summed E-state index contributed by atoms with van der Waals surface area (Å²) in [5, 5.41) is 2.97. The first-order valence-electron chi connectivity index (χ1n) is 9.83. The fourth-order valence-corrected chi connectivity index (χ4v) is 3.06. The van der Waals surface area contributed by atoms with Gasteiger partial charge in [0.15, 0.2) is 6.10 Å². The van der Waals surface area contributed by atoms with Gasteiger partial charge in [0, 0.05) is 25.3 Å². The van der Waals surface area contributed by atoms with Crippen molar-refractivity contribution in [3.05, 3.63) is 59.7 Å². The Bertz CT molecular complexity index is 721. The second-order valence-electron chi connectivity index (χ2n) is 7.01. The molecule has 0 aliphatic rings. The van der Waals surface area contributed by atoms with E-state index in [1.54, 1.807) is 6.92 Å². The van der Waals surface area contributed by atoms with E-state index in [4.69, 9.17) is 4.74 Å². The zero-order valence-corrected chi connectivity index (χ0v) is 17.2. The molecule has 146 valence electrons. The van der Waals surface area contributed by atoms with E-state index in [1.807, 2.05) is 24.3 Å². The number of benzene rings is 2.